The smallest absolute Gasteiger partial charge is 0.358 e. The van der Waals surface area contributed by atoms with Crippen LogP contribution in [0.3, 0.4) is 0 Å². The van der Waals surface area contributed by atoms with Gasteiger partial charge < -0.3 is 9.50 Å². The van der Waals surface area contributed by atoms with Gasteiger partial charge in [0.25, 0.3) is 0 Å². The van der Waals surface area contributed by atoms with E-state index in [9.17, 15) is 17.1 Å². The van der Waals surface area contributed by atoms with E-state index in [1.54, 1.807) is 0 Å². The van der Waals surface area contributed by atoms with Crippen molar-refractivity contribution in [2.24, 2.45) is 0 Å². The third kappa shape index (κ3) is 4.41. The van der Waals surface area contributed by atoms with Crippen LogP contribution in [-0.2, 0) is 15.3 Å². The summed E-state index contributed by atoms with van der Waals surface area (Å²) in [6, 6.07) is 5.38. The molecular formula is C8H8FNO4S. The van der Waals surface area contributed by atoms with E-state index < -0.39 is 10.5 Å². The Balaban J connectivity index is 2.88. The zero-order valence-corrected chi connectivity index (χ0v) is 8.55. The minimum atomic E-state index is -5.04. The second kappa shape index (κ2) is 4.26. The number of benzene rings is 1. The average molecular weight is 233 g/mol. The Morgan fingerprint density at radius 2 is 2.13 bits per heavy atom. The summed E-state index contributed by atoms with van der Waals surface area (Å²) in [5.74, 6) is -0.529. The third-order valence-corrected chi connectivity index (χ3v) is 1.74. The van der Waals surface area contributed by atoms with Gasteiger partial charge in [-0.1, -0.05) is 9.95 Å². The molecule has 1 aromatic carbocycles. The molecule has 0 aromatic heterocycles. The first kappa shape index (κ1) is 11.4. The Hall–Kier alpha value is -1.63. The summed E-state index contributed by atoms with van der Waals surface area (Å²) in [6.07, 6.45) is 0. The summed E-state index contributed by atoms with van der Waals surface area (Å²) in [7, 11) is -5.04. The molecule has 0 saturated heterocycles. The molecule has 82 valence electrons. The van der Waals surface area contributed by atoms with E-state index in [0.29, 0.717) is 5.69 Å². The quantitative estimate of drug-likeness (QED) is 0.797. The summed E-state index contributed by atoms with van der Waals surface area (Å²) in [5, 5.41) is 2.39. The standard InChI is InChI=1S/C8H8FNO4S/c1-6(11)10-7-3-2-4-8(5-7)14-15(9,12)13/h2-5H,1H3,(H,10,11). The summed E-state index contributed by atoms with van der Waals surface area (Å²) < 4.78 is 36.4. The predicted octanol–water partition coefficient (Wildman–Crippen LogP) is 1.24. The van der Waals surface area contributed by atoms with E-state index in [1.807, 2.05) is 0 Å². The molecular weight excluding hydrogens is 225 g/mol. The molecule has 0 bridgehead atoms. The molecule has 0 heterocycles. The lowest BCUT2D eigenvalue weighted by molar-refractivity contribution is -0.114. The van der Waals surface area contributed by atoms with Crippen molar-refractivity contribution in [2.45, 2.75) is 6.92 Å². The Morgan fingerprint density at radius 3 is 2.67 bits per heavy atom. The highest BCUT2D eigenvalue weighted by molar-refractivity contribution is 7.81. The fourth-order valence-electron chi connectivity index (χ4n) is 0.944. The topological polar surface area (TPSA) is 72.5 Å². The van der Waals surface area contributed by atoms with Crippen LogP contribution in [0.1, 0.15) is 6.92 Å². The molecule has 1 aromatic rings. The molecule has 0 saturated carbocycles. The summed E-state index contributed by atoms with van der Waals surface area (Å²) in [6.45, 7) is 1.29. The highest BCUT2D eigenvalue weighted by Gasteiger charge is 2.09. The first-order valence-electron chi connectivity index (χ1n) is 3.88. The predicted molar refractivity (Wildman–Crippen MR) is 51.4 cm³/mol. The van der Waals surface area contributed by atoms with Crippen molar-refractivity contribution in [2.75, 3.05) is 5.32 Å². The van der Waals surface area contributed by atoms with Gasteiger partial charge in [-0.05, 0) is 12.1 Å². The highest BCUT2D eigenvalue weighted by Crippen LogP contribution is 2.19. The lowest BCUT2D eigenvalue weighted by Gasteiger charge is -2.04. The van der Waals surface area contributed by atoms with Gasteiger partial charge in [0.1, 0.15) is 5.75 Å². The van der Waals surface area contributed by atoms with Crippen LogP contribution in [0.4, 0.5) is 9.57 Å². The molecule has 0 aliphatic carbocycles. The molecule has 7 heteroatoms. The van der Waals surface area contributed by atoms with Crippen LogP contribution in [0.5, 0.6) is 5.75 Å². The van der Waals surface area contributed by atoms with Gasteiger partial charge in [-0.15, -0.1) is 0 Å². The molecule has 1 rings (SSSR count). The Bertz CT molecular complexity index is 471. The molecule has 0 atom stereocenters. The average Bonchev–Trinajstić information content (AvgIpc) is 1.99. The number of rotatable bonds is 3. The van der Waals surface area contributed by atoms with Crippen molar-refractivity contribution in [1.82, 2.24) is 0 Å². The van der Waals surface area contributed by atoms with E-state index in [0.717, 1.165) is 0 Å². The maximum atomic E-state index is 12.1. The van der Waals surface area contributed by atoms with Crippen LogP contribution in [0, 0.1) is 0 Å². The van der Waals surface area contributed by atoms with Crippen molar-refractivity contribution in [1.29, 1.82) is 0 Å². The van der Waals surface area contributed by atoms with Gasteiger partial charge >= 0.3 is 10.5 Å². The Kier molecular flexibility index (Phi) is 3.25. The zero-order chi connectivity index (χ0) is 11.5. The van der Waals surface area contributed by atoms with Crippen LogP contribution in [-0.4, -0.2) is 14.3 Å². The first-order chi connectivity index (χ1) is 6.87. The molecule has 0 radical (unpaired) electrons. The molecule has 5 nitrogen and oxygen atoms in total. The minimum absolute atomic E-state index is 0.205. The second-order valence-corrected chi connectivity index (χ2v) is 3.64. The third-order valence-electron chi connectivity index (χ3n) is 1.35. The minimum Gasteiger partial charge on any atom is -0.358 e. The number of nitrogens with one attached hydrogen (secondary N) is 1. The highest BCUT2D eigenvalue weighted by atomic mass is 32.3. The first-order valence-corrected chi connectivity index (χ1v) is 5.19. The number of hydrogen-bond acceptors (Lipinski definition) is 4. The lowest BCUT2D eigenvalue weighted by Crippen LogP contribution is -2.06. The van der Waals surface area contributed by atoms with Crippen LogP contribution < -0.4 is 9.50 Å². The van der Waals surface area contributed by atoms with E-state index in [4.69, 9.17) is 0 Å². The van der Waals surface area contributed by atoms with E-state index in [1.165, 1.54) is 31.2 Å². The maximum Gasteiger partial charge on any atom is 0.488 e. The second-order valence-electron chi connectivity index (χ2n) is 2.69. The van der Waals surface area contributed by atoms with Crippen molar-refractivity contribution < 1.29 is 21.3 Å². The van der Waals surface area contributed by atoms with Crippen molar-refractivity contribution >= 4 is 22.1 Å². The molecule has 0 spiro atoms. The number of hydrogen-bond donors (Lipinski definition) is 1. The molecule has 0 fully saturated rings. The van der Waals surface area contributed by atoms with Gasteiger partial charge in [-0.25, -0.2) is 0 Å². The van der Waals surface area contributed by atoms with Gasteiger partial charge in [0.15, 0.2) is 0 Å². The van der Waals surface area contributed by atoms with E-state index in [-0.39, 0.29) is 11.7 Å². The van der Waals surface area contributed by atoms with Crippen molar-refractivity contribution in [3.05, 3.63) is 24.3 Å². The fraction of sp³-hybridized carbons (Fsp3) is 0.125. The number of amides is 1. The van der Waals surface area contributed by atoms with E-state index in [2.05, 4.69) is 9.50 Å². The summed E-state index contributed by atoms with van der Waals surface area (Å²) >= 11 is 0. The molecule has 0 aliphatic heterocycles. The van der Waals surface area contributed by atoms with Gasteiger partial charge in [0.2, 0.25) is 5.91 Å². The molecule has 0 aliphatic rings. The van der Waals surface area contributed by atoms with Crippen molar-refractivity contribution in [3.63, 3.8) is 0 Å². The van der Waals surface area contributed by atoms with Gasteiger partial charge in [-0.2, -0.15) is 8.42 Å². The van der Waals surface area contributed by atoms with Gasteiger partial charge in [0.05, 0.1) is 0 Å². The van der Waals surface area contributed by atoms with Crippen LogP contribution >= 0.6 is 0 Å². The summed E-state index contributed by atoms with van der Waals surface area (Å²) in [4.78, 5) is 10.7. The van der Waals surface area contributed by atoms with Gasteiger partial charge in [0, 0.05) is 18.7 Å². The lowest BCUT2D eigenvalue weighted by atomic mass is 10.3. The molecule has 1 amide bonds. The van der Waals surface area contributed by atoms with Crippen LogP contribution in [0.25, 0.3) is 0 Å². The Morgan fingerprint density at radius 1 is 1.47 bits per heavy atom. The molecule has 1 N–H and O–H groups in total. The monoisotopic (exact) mass is 233 g/mol. The molecule has 0 unspecified atom stereocenters. The zero-order valence-electron chi connectivity index (χ0n) is 7.73. The number of anilines is 1. The van der Waals surface area contributed by atoms with E-state index >= 15 is 0 Å². The van der Waals surface area contributed by atoms with Gasteiger partial charge in [-0.3, -0.25) is 4.79 Å². The number of carbonyl (C=O) groups excluding carboxylic acids is 1. The number of halogens is 1. The van der Waals surface area contributed by atoms with Crippen LogP contribution in [0.2, 0.25) is 0 Å². The molecule has 15 heavy (non-hydrogen) atoms. The summed E-state index contributed by atoms with van der Waals surface area (Å²) in [5.41, 5.74) is 0.323. The van der Waals surface area contributed by atoms with Crippen molar-refractivity contribution in [3.8, 4) is 5.75 Å². The fourth-order valence-corrected chi connectivity index (χ4v) is 1.28. The maximum absolute atomic E-state index is 12.1. The SMILES string of the molecule is CC(=O)Nc1cccc(OS(=O)(=O)F)c1. The normalized spacial score (nSPS) is 10.8. The largest absolute Gasteiger partial charge is 0.488 e. The Labute approximate surface area is 86.3 Å². The number of carbonyl (C=O) groups is 1. The van der Waals surface area contributed by atoms with Crippen LogP contribution in [0.15, 0.2) is 24.3 Å².